The van der Waals surface area contributed by atoms with Crippen molar-refractivity contribution in [1.29, 1.82) is 0 Å². The van der Waals surface area contributed by atoms with Crippen LogP contribution in [0.1, 0.15) is 47.1 Å². The van der Waals surface area contributed by atoms with Gasteiger partial charge in [-0.15, -0.1) is 0 Å². The summed E-state index contributed by atoms with van der Waals surface area (Å²) in [6.07, 6.45) is 0. The second-order valence-corrected chi connectivity index (χ2v) is 11.2. The summed E-state index contributed by atoms with van der Waals surface area (Å²) in [5, 5.41) is 0.866. The Labute approximate surface area is 178 Å². The molecule has 0 spiro atoms. The van der Waals surface area contributed by atoms with E-state index in [0.717, 1.165) is 10.8 Å². The van der Waals surface area contributed by atoms with Gasteiger partial charge in [-0.05, 0) is 59.2 Å². The quantitative estimate of drug-likeness (QED) is 0.362. The maximum Gasteiger partial charge on any atom is 0.537 e. The molecular weight excluding hydrogens is 408 g/mol. The van der Waals surface area contributed by atoms with Crippen molar-refractivity contribution in [2.45, 2.75) is 47.6 Å². The third-order valence-corrected chi connectivity index (χ3v) is 10.1. The molecular formula is C20H38O7Si2. The van der Waals surface area contributed by atoms with Crippen LogP contribution in [0.25, 0.3) is 0 Å². The van der Waals surface area contributed by atoms with Gasteiger partial charge in [0.05, 0.1) is 7.11 Å². The Bertz CT molecular complexity index is 552. The third kappa shape index (κ3) is 7.44. The molecule has 0 saturated heterocycles. The van der Waals surface area contributed by atoms with Gasteiger partial charge in [-0.1, -0.05) is 6.07 Å². The average molecular weight is 447 g/mol. The van der Waals surface area contributed by atoms with Crippen LogP contribution in [0.15, 0.2) is 18.2 Å². The molecule has 0 aliphatic heterocycles. The van der Waals surface area contributed by atoms with Crippen molar-refractivity contribution in [2.24, 2.45) is 0 Å². The molecule has 0 unspecified atom stereocenters. The molecule has 0 N–H and O–H groups in total. The number of benzene rings is 1. The highest BCUT2D eigenvalue weighted by Crippen LogP contribution is 2.22. The van der Waals surface area contributed by atoms with E-state index in [1.807, 2.05) is 53.7 Å². The van der Waals surface area contributed by atoms with Crippen LogP contribution < -0.4 is 9.92 Å². The number of methoxy groups -OCH3 is 1. The number of hydrogen-bond acceptors (Lipinski definition) is 7. The zero-order valence-corrected chi connectivity index (χ0v) is 21.0. The van der Waals surface area contributed by atoms with E-state index >= 15 is 0 Å². The lowest BCUT2D eigenvalue weighted by atomic mass is 10.2. The number of hydrogen-bond donors (Lipinski definition) is 0. The second-order valence-electron chi connectivity index (χ2n) is 6.08. The van der Waals surface area contributed by atoms with Crippen molar-refractivity contribution < 1.29 is 31.3 Å². The average Bonchev–Trinajstić information content (AvgIpc) is 2.68. The van der Waals surface area contributed by atoms with Gasteiger partial charge in [0, 0.05) is 50.9 Å². The lowest BCUT2D eigenvalue weighted by molar-refractivity contribution is 0.0702. The number of ether oxygens (including phenoxy) is 1. The molecule has 29 heavy (non-hydrogen) atoms. The fraction of sp³-hybridized carbons (Fsp3) is 0.700. The minimum absolute atomic E-state index is 0.494. The SMILES string of the molecule is CCO[Si](Cc1cc(OC)cc([Si](OCC)(OCC)OCC)c1)(OCC)OCC. The van der Waals surface area contributed by atoms with Crippen molar-refractivity contribution in [3.05, 3.63) is 23.8 Å². The van der Waals surface area contributed by atoms with Gasteiger partial charge in [0.25, 0.3) is 0 Å². The van der Waals surface area contributed by atoms with Gasteiger partial charge >= 0.3 is 17.6 Å². The molecule has 0 heterocycles. The van der Waals surface area contributed by atoms with Gasteiger partial charge in [0.2, 0.25) is 0 Å². The molecule has 1 aromatic carbocycles. The summed E-state index contributed by atoms with van der Waals surface area (Å²) in [4.78, 5) is 0. The standard InChI is InChI=1S/C20H38O7Si2/c1-8-22-28(23-9-2,24-10-3)17-18-14-19(21-7)16-20(15-18)29(25-11-4,26-12-5)27-13-6/h14-16H,8-13,17H2,1-7H3. The molecule has 1 aromatic rings. The van der Waals surface area contributed by atoms with Gasteiger partial charge in [0.1, 0.15) is 5.75 Å². The summed E-state index contributed by atoms with van der Waals surface area (Å²) < 4.78 is 41.9. The van der Waals surface area contributed by atoms with E-state index in [1.54, 1.807) is 7.11 Å². The van der Waals surface area contributed by atoms with E-state index in [4.69, 9.17) is 31.3 Å². The van der Waals surface area contributed by atoms with Crippen LogP contribution in [0.4, 0.5) is 0 Å². The molecule has 0 bridgehead atoms. The van der Waals surface area contributed by atoms with E-state index in [1.165, 1.54) is 0 Å². The Balaban J connectivity index is 3.44. The summed E-state index contributed by atoms with van der Waals surface area (Å²) in [6.45, 7) is 14.7. The monoisotopic (exact) mass is 446 g/mol. The summed E-state index contributed by atoms with van der Waals surface area (Å²) >= 11 is 0. The fourth-order valence-corrected chi connectivity index (χ4v) is 8.34. The van der Waals surface area contributed by atoms with Crippen LogP contribution in [-0.2, 0) is 32.6 Å². The molecule has 0 saturated carbocycles. The molecule has 0 aliphatic carbocycles. The Morgan fingerprint density at radius 3 is 1.45 bits per heavy atom. The zero-order valence-electron chi connectivity index (χ0n) is 19.0. The molecule has 0 radical (unpaired) electrons. The molecule has 1 rings (SSSR count). The minimum atomic E-state index is -3.07. The van der Waals surface area contributed by atoms with E-state index in [9.17, 15) is 0 Å². The van der Waals surface area contributed by atoms with Crippen molar-refractivity contribution in [3.63, 3.8) is 0 Å². The molecule has 0 atom stereocenters. The van der Waals surface area contributed by atoms with Crippen LogP contribution in [-0.4, -0.2) is 64.4 Å². The lowest BCUT2D eigenvalue weighted by Gasteiger charge is -2.31. The van der Waals surface area contributed by atoms with Crippen LogP contribution in [0, 0.1) is 0 Å². The summed E-state index contributed by atoms with van der Waals surface area (Å²) in [6, 6.07) is 6.49. The first-order chi connectivity index (χ1) is 14.0. The lowest BCUT2D eigenvalue weighted by Crippen LogP contribution is -2.57. The predicted octanol–water partition coefficient (Wildman–Crippen LogP) is 3.08. The maximum atomic E-state index is 6.08. The van der Waals surface area contributed by atoms with Gasteiger partial charge in [0.15, 0.2) is 0 Å². The first kappa shape index (κ1) is 26.2. The second kappa shape index (κ2) is 13.5. The molecule has 0 fully saturated rings. The molecule has 0 aromatic heterocycles. The molecule has 7 nitrogen and oxygen atoms in total. The Morgan fingerprint density at radius 1 is 0.621 bits per heavy atom. The van der Waals surface area contributed by atoms with Crippen molar-refractivity contribution in [3.8, 4) is 5.75 Å². The van der Waals surface area contributed by atoms with Gasteiger partial charge in [-0.2, -0.15) is 0 Å². The molecule has 168 valence electrons. The van der Waals surface area contributed by atoms with E-state index in [2.05, 4.69) is 6.07 Å². The predicted molar refractivity (Wildman–Crippen MR) is 118 cm³/mol. The summed E-state index contributed by atoms with van der Waals surface area (Å²) in [7, 11) is -4.30. The highest BCUT2D eigenvalue weighted by molar-refractivity contribution is 6.75. The van der Waals surface area contributed by atoms with Crippen molar-refractivity contribution >= 4 is 22.8 Å². The largest absolute Gasteiger partial charge is 0.537 e. The van der Waals surface area contributed by atoms with Gasteiger partial charge in [-0.25, -0.2) is 0 Å². The van der Waals surface area contributed by atoms with Gasteiger partial charge in [-0.3, -0.25) is 0 Å². The third-order valence-electron chi connectivity index (χ3n) is 4.07. The minimum Gasteiger partial charge on any atom is -0.497 e. The zero-order chi connectivity index (χ0) is 21.8. The van der Waals surface area contributed by atoms with E-state index in [-0.39, 0.29) is 0 Å². The van der Waals surface area contributed by atoms with Crippen molar-refractivity contribution in [1.82, 2.24) is 0 Å². The normalized spacial score (nSPS) is 12.4. The molecule has 9 heteroatoms. The Morgan fingerprint density at radius 2 is 1.07 bits per heavy atom. The summed E-state index contributed by atoms with van der Waals surface area (Å²) in [5.41, 5.74) is 0.984. The fourth-order valence-electron chi connectivity index (χ4n) is 3.19. The summed E-state index contributed by atoms with van der Waals surface area (Å²) in [5.74, 6) is 0.709. The smallest absolute Gasteiger partial charge is 0.497 e. The number of rotatable bonds is 16. The highest BCUT2D eigenvalue weighted by Gasteiger charge is 2.45. The molecule has 0 amide bonds. The van der Waals surface area contributed by atoms with Crippen LogP contribution in [0.2, 0.25) is 0 Å². The van der Waals surface area contributed by atoms with Crippen LogP contribution >= 0.6 is 0 Å². The first-order valence-corrected chi connectivity index (χ1v) is 14.2. The van der Waals surface area contributed by atoms with E-state index < -0.39 is 17.6 Å². The molecule has 0 aliphatic rings. The van der Waals surface area contributed by atoms with Crippen LogP contribution in [0.3, 0.4) is 0 Å². The Kier molecular flexibility index (Phi) is 12.2. The Hall–Kier alpha value is -0.786. The highest BCUT2D eigenvalue weighted by atomic mass is 28.4. The maximum absolute atomic E-state index is 6.08. The topological polar surface area (TPSA) is 64.6 Å². The van der Waals surface area contributed by atoms with Gasteiger partial charge < -0.3 is 31.3 Å². The first-order valence-electron chi connectivity index (χ1n) is 10.5. The van der Waals surface area contributed by atoms with Crippen molar-refractivity contribution in [2.75, 3.05) is 46.8 Å². The van der Waals surface area contributed by atoms with Crippen LogP contribution in [0.5, 0.6) is 5.75 Å². The van der Waals surface area contributed by atoms with E-state index in [0.29, 0.717) is 51.4 Å².